The van der Waals surface area contributed by atoms with E-state index in [1.54, 1.807) is 44.5 Å². The van der Waals surface area contributed by atoms with Crippen LogP contribution in [-0.4, -0.2) is 61.8 Å². The maximum atomic E-state index is 13.4. The molecule has 1 radical (unpaired) electrons. The number of benzene rings is 2. The molecule has 2 aromatic rings. The van der Waals surface area contributed by atoms with Gasteiger partial charge >= 0.3 is 11.9 Å². The molecule has 0 bridgehead atoms. The number of hydrogen-bond acceptors (Lipinski definition) is 8. The zero-order chi connectivity index (χ0) is 33.4. The van der Waals surface area contributed by atoms with Gasteiger partial charge in [0.05, 0.1) is 23.7 Å². The van der Waals surface area contributed by atoms with E-state index in [0.29, 0.717) is 16.3 Å². The van der Waals surface area contributed by atoms with Crippen LogP contribution in [0.3, 0.4) is 0 Å². The van der Waals surface area contributed by atoms with E-state index in [9.17, 15) is 19.2 Å². The number of halogens is 1. The van der Waals surface area contributed by atoms with Crippen LogP contribution in [0.5, 0.6) is 5.75 Å². The monoisotopic (exact) mass is 653 g/mol. The fourth-order valence-electron chi connectivity index (χ4n) is 5.01. The molecular weight excluding hydrogens is 612 g/mol. The van der Waals surface area contributed by atoms with Gasteiger partial charge in [-0.3, -0.25) is 14.4 Å². The highest BCUT2D eigenvalue weighted by molar-refractivity contribution is 6.32. The third kappa shape index (κ3) is 9.80. The Balaban J connectivity index is 1.57. The number of carbonyl (C=O) groups excluding carboxylic acids is 4. The molecule has 11 heteroatoms. The number of rotatable bonds is 8. The molecule has 5 atom stereocenters. The number of cyclic esters (lactones) is 2. The number of amides is 2. The van der Waals surface area contributed by atoms with E-state index in [-0.39, 0.29) is 43.9 Å². The van der Waals surface area contributed by atoms with Gasteiger partial charge in [0.15, 0.2) is 6.10 Å². The second-order valence-corrected chi connectivity index (χ2v) is 13.0. The fraction of sp³-hybridized carbons (Fsp3) is 0.457. The van der Waals surface area contributed by atoms with Crippen LogP contribution in [-0.2, 0) is 39.8 Å². The standard InChI is InChI=1S/C35H42ClN2O8/c1-21(2)16-29-33(41)44-24(19-28-31(45-28)23-10-7-6-8-11-23)12-9-13-30(39)38-26(18-22-14-15-27(43-5)25(36)17-22)32(40)37-20-35(3,4)34(42)46-29/h6-11,13-15,17,19,21,24,26,28-29,31H,12,16,18,20H2,1-5H3,(H,37,40)(H,38,39)/b13-9+/t24-,26+,28+,29-,31+/m0/s1. The van der Waals surface area contributed by atoms with E-state index >= 15 is 0 Å². The Morgan fingerprint density at radius 1 is 1.07 bits per heavy atom. The third-order valence-electron chi connectivity index (χ3n) is 7.71. The highest BCUT2D eigenvalue weighted by Gasteiger charge is 2.43. The van der Waals surface area contributed by atoms with Gasteiger partial charge < -0.3 is 29.6 Å². The Kier molecular flexibility index (Phi) is 11.9. The van der Waals surface area contributed by atoms with Gasteiger partial charge in [-0.15, -0.1) is 0 Å². The SMILES string of the molecule is COc1ccc(C[C@H]2NC(=O)/C=C/C[C@@H]([CH][C@H]3O[C@@H]3c3ccccc3)OC(=O)[C@H](CC(C)C)OC(=O)C(C)(C)CNC2=O)cc1Cl. The summed E-state index contributed by atoms with van der Waals surface area (Å²) in [7, 11) is 1.50. The number of nitrogens with one attached hydrogen (secondary N) is 2. The lowest BCUT2D eigenvalue weighted by molar-refractivity contribution is -0.176. The van der Waals surface area contributed by atoms with Crippen LogP contribution in [0, 0.1) is 17.8 Å². The third-order valence-corrected chi connectivity index (χ3v) is 8.00. The number of epoxide rings is 1. The van der Waals surface area contributed by atoms with Gasteiger partial charge in [-0.25, -0.2) is 4.79 Å². The average Bonchev–Trinajstić information content (AvgIpc) is 3.78. The summed E-state index contributed by atoms with van der Waals surface area (Å²) < 4.78 is 22.7. The molecular formula is C35H42ClN2O8. The molecule has 0 unspecified atom stereocenters. The highest BCUT2D eigenvalue weighted by atomic mass is 35.5. The van der Waals surface area contributed by atoms with Crippen LogP contribution < -0.4 is 15.4 Å². The van der Waals surface area contributed by atoms with Gasteiger partial charge in [-0.1, -0.05) is 67.9 Å². The Morgan fingerprint density at radius 2 is 1.80 bits per heavy atom. The molecule has 247 valence electrons. The maximum absolute atomic E-state index is 13.4. The minimum atomic E-state index is -1.20. The highest BCUT2D eigenvalue weighted by Crippen LogP contribution is 2.41. The summed E-state index contributed by atoms with van der Waals surface area (Å²) in [6, 6.07) is 13.8. The van der Waals surface area contributed by atoms with Gasteiger partial charge in [0.1, 0.15) is 24.0 Å². The molecule has 2 heterocycles. The van der Waals surface area contributed by atoms with Crippen LogP contribution in [0.2, 0.25) is 5.02 Å². The van der Waals surface area contributed by atoms with Crippen molar-refractivity contribution in [2.45, 2.75) is 77.4 Å². The molecule has 46 heavy (non-hydrogen) atoms. The summed E-state index contributed by atoms with van der Waals surface area (Å²) in [5.41, 5.74) is 0.490. The molecule has 2 aliphatic heterocycles. The molecule has 0 spiro atoms. The van der Waals surface area contributed by atoms with E-state index in [2.05, 4.69) is 10.6 Å². The van der Waals surface area contributed by atoms with Crippen LogP contribution in [0.25, 0.3) is 0 Å². The van der Waals surface area contributed by atoms with Crippen LogP contribution in [0.4, 0.5) is 0 Å². The molecule has 10 nitrogen and oxygen atoms in total. The Bertz CT molecular complexity index is 1430. The van der Waals surface area contributed by atoms with Gasteiger partial charge in [0, 0.05) is 25.8 Å². The lowest BCUT2D eigenvalue weighted by Gasteiger charge is -2.28. The van der Waals surface area contributed by atoms with Gasteiger partial charge in [-0.2, -0.15) is 0 Å². The van der Waals surface area contributed by atoms with Crippen LogP contribution in [0.15, 0.2) is 60.7 Å². The van der Waals surface area contributed by atoms with Crippen molar-refractivity contribution < 1.29 is 38.1 Å². The second kappa shape index (κ2) is 15.6. The maximum Gasteiger partial charge on any atom is 0.347 e. The summed E-state index contributed by atoms with van der Waals surface area (Å²) >= 11 is 6.30. The molecule has 1 saturated heterocycles. The Hall–Kier alpha value is -3.89. The first kappa shape index (κ1) is 35.0. The average molecular weight is 654 g/mol. The minimum absolute atomic E-state index is 0.0197. The molecule has 1 fully saturated rings. The molecule has 0 aromatic heterocycles. The lowest BCUT2D eigenvalue weighted by atomic mass is 9.93. The van der Waals surface area contributed by atoms with Crippen molar-refractivity contribution in [2.75, 3.05) is 13.7 Å². The molecule has 2 N–H and O–H groups in total. The molecule has 2 aliphatic rings. The van der Waals surface area contributed by atoms with E-state index in [0.717, 1.165) is 5.56 Å². The molecule has 2 amide bonds. The van der Waals surface area contributed by atoms with E-state index in [1.807, 2.05) is 44.2 Å². The van der Waals surface area contributed by atoms with E-state index in [4.69, 9.17) is 30.5 Å². The number of carbonyl (C=O) groups is 4. The summed E-state index contributed by atoms with van der Waals surface area (Å²) in [4.78, 5) is 53.2. The quantitative estimate of drug-likeness (QED) is 0.310. The van der Waals surface area contributed by atoms with Crippen molar-refractivity contribution in [3.8, 4) is 5.75 Å². The topological polar surface area (TPSA) is 133 Å². The number of methoxy groups -OCH3 is 1. The largest absolute Gasteiger partial charge is 0.495 e. The first-order valence-corrected chi connectivity index (χ1v) is 15.8. The van der Waals surface area contributed by atoms with Crippen molar-refractivity contribution in [3.05, 3.63) is 83.3 Å². The summed E-state index contributed by atoms with van der Waals surface area (Å²) in [6.07, 6.45) is 2.78. The molecule has 0 aliphatic carbocycles. The fourth-order valence-corrected chi connectivity index (χ4v) is 5.29. The van der Waals surface area contributed by atoms with Gasteiger partial charge in [0.25, 0.3) is 0 Å². The van der Waals surface area contributed by atoms with Crippen molar-refractivity contribution in [1.29, 1.82) is 0 Å². The second-order valence-electron chi connectivity index (χ2n) is 12.6. The number of hydrogen-bond donors (Lipinski definition) is 2. The summed E-state index contributed by atoms with van der Waals surface area (Å²) in [5.74, 6) is -1.87. The van der Waals surface area contributed by atoms with Crippen molar-refractivity contribution in [2.24, 2.45) is 11.3 Å². The normalized spacial score (nSPS) is 26.4. The van der Waals surface area contributed by atoms with E-state index < -0.39 is 47.4 Å². The first-order chi connectivity index (χ1) is 21.9. The molecule has 2 aromatic carbocycles. The zero-order valence-corrected chi connectivity index (χ0v) is 27.5. The van der Waals surface area contributed by atoms with Gasteiger partial charge in [-0.05, 0) is 55.5 Å². The van der Waals surface area contributed by atoms with Crippen LogP contribution in [0.1, 0.15) is 57.8 Å². The van der Waals surface area contributed by atoms with Gasteiger partial charge in [0.2, 0.25) is 11.8 Å². The van der Waals surface area contributed by atoms with E-state index in [1.165, 1.54) is 13.2 Å². The first-order valence-electron chi connectivity index (χ1n) is 15.4. The molecule has 0 saturated carbocycles. The molecule has 4 rings (SSSR count). The van der Waals surface area contributed by atoms with Crippen molar-refractivity contribution >= 4 is 35.4 Å². The smallest absolute Gasteiger partial charge is 0.347 e. The number of ether oxygens (including phenoxy) is 4. The Labute approximate surface area is 275 Å². The van der Waals surface area contributed by atoms with Crippen molar-refractivity contribution in [3.63, 3.8) is 0 Å². The lowest BCUT2D eigenvalue weighted by Crippen LogP contribution is -2.51. The predicted molar refractivity (Wildman–Crippen MR) is 172 cm³/mol. The van der Waals surface area contributed by atoms with Crippen LogP contribution >= 0.6 is 11.6 Å². The summed E-state index contributed by atoms with van der Waals surface area (Å²) in [5, 5.41) is 5.87. The Morgan fingerprint density at radius 3 is 2.48 bits per heavy atom. The number of esters is 2. The van der Waals surface area contributed by atoms with Crippen molar-refractivity contribution in [1.82, 2.24) is 10.6 Å². The minimum Gasteiger partial charge on any atom is -0.495 e. The predicted octanol–water partition coefficient (Wildman–Crippen LogP) is 4.69. The summed E-state index contributed by atoms with van der Waals surface area (Å²) in [6.45, 7) is 6.95. The zero-order valence-electron chi connectivity index (χ0n) is 26.8.